The van der Waals surface area contributed by atoms with Gasteiger partial charge in [0, 0.05) is 32.1 Å². The predicted molar refractivity (Wildman–Crippen MR) is 81.1 cm³/mol. The molecule has 19 heavy (non-hydrogen) atoms. The van der Waals surface area contributed by atoms with Gasteiger partial charge in [0.05, 0.1) is 0 Å². The van der Waals surface area contributed by atoms with E-state index in [0.29, 0.717) is 12.0 Å². The van der Waals surface area contributed by atoms with Crippen LogP contribution in [-0.2, 0) is 4.79 Å². The highest BCUT2D eigenvalue weighted by atomic mass is 16.2. The summed E-state index contributed by atoms with van der Waals surface area (Å²) in [4.78, 5) is 16.7. The fourth-order valence-corrected chi connectivity index (χ4v) is 3.01. The Kier molecular flexibility index (Phi) is 6.31. The Morgan fingerprint density at radius 3 is 2.42 bits per heavy atom. The number of piperidine rings is 1. The zero-order chi connectivity index (χ0) is 14.6. The zero-order valence-corrected chi connectivity index (χ0v) is 13.6. The quantitative estimate of drug-likeness (QED) is 0.765. The van der Waals surface area contributed by atoms with Crippen molar-refractivity contribution in [3.63, 3.8) is 0 Å². The summed E-state index contributed by atoms with van der Waals surface area (Å²) in [5.41, 5.74) is 0. The molecule has 1 saturated heterocycles. The minimum Gasteiger partial charge on any atom is -0.342 e. The first kappa shape index (κ1) is 16.5. The summed E-state index contributed by atoms with van der Waals surface area (Å²) in [5.74, 6) is 1.75. The van der Waals surface area contributed by atoms with Crippen LogP contribution in [0.3, 0.4) is 0 Å². The molecule has 0 N–H and O–H groups in total. The van der Waals surface area contributed by atoms with Gasteiger partial charge >= 0.3 is 0 Å². The molecule has 112 valence electrons. The highest BCUT2D eigenvalue weighted by Crippen LogP contribution is 2.23. The molecule has 3 heteroatoms. The van der Waals surface area contributed by atoms with Gasteiger partial charge in [-0.1, -0.05) is 34.6 Å². The van der Waals surface area contributed by atoms with E-state index in [4.69, 9.17) is 0 Å². The first-order chi connectivity index (χ1) is 8.82. The van der Waals surface area contributed by atoms with Crippen LogP contribution >= 0.6 is 0 Å². The molecule has 0 aliphatic carbocycles. The summed E-state index contributed by atoms with van der Waals surface area (Å²) in [7, 11) is 1.98. The van der Waals surface area contributed by atoms with Crippen LogP contribution in [-0.4, -0.2) is 48.4 Å². The molecule has 1 aliphatic heterocycles. The largest absolute Gasteiger partial charge is 0.342 e. The second kappa shape index (κ2) is 7.28. The monoisotopic (exact) mass is 268 g/mol. The standard InChI is InChI=1S/C16H32N2O/c1-12(2)7-9-18-10-8-15(14(5)11-18)17(6)16(19)13(3)4/h12-15H,7-11H2,1-6H3/t14-,15+/m0/s1. The zero-order valence-electron chi connectivity index (χ0n) is 13.6. The van der Waals surface area contributed by atoms with Crippen molar-refractivity contribution in [3.05, 3.63) is 0 Å². The van der Waals surface area contributed by atoms with Gasteiger partial charge in [0.15, 0.2) is 0 Å². The molecule has 0 aromatic rings. The summed E-state index contributed by atoms with van der Waals surface area (Å²) >= 11 is 0. The summed E-state index contributed by atoms with van der Waals surface area (Å²) in [6.45, 7) is 14.3. The van der Waals surface area contributed by atoms with Gasteiger partial charge in [0.25, 0.3) is 0 Å². The van der Waals surface area contributed by atoms with Crippen molar-refractivity contribution in [2.45, 2.75) is 53.5 Å². The Balaban J connectivity index is 2.47. The smallest absolute Gasteiger partial charge is 0.225 e. The van der Waals surface area contributed by atoms with Crippen LogP contribution in [0.5, 0.6) is 0 Å². The Morgan fingerprint density at radius 2 is 1.95 bits per heavy atom. The van der Waals surface area contributed by atoms with Crippen LogP contribution in [0.1, 0.15) is 47.5 Å². The van der Waals surface area contributed by atoms with Gasteiger partial charge < -0.3 is 9.80 Å². The number of hydrogen-bond donors (Lipinski definition) is 0. The van der Waals surface area contributed by atoms with Crippen molar-refractivity contribution in [1.82, 2.24) is 9.80 Å². The van der Waals surface area contributed by atoms with Crippen LogP contribution in [0.2, 0.25) is 0 Å². The third-order valence-electron chi connectivity index (χ3n) is 4.31. The molecular formula is C16H32N2O. The SMILES string of the molecule is CC(C)CCN1CC[C@@H](N(C)C(=O)C(C)C)[C@@H](C)C1. The summed E-state index contributed by atoms with van der Waals surface area (Å²) in [5, 5.41) is 0. The number of likely N-dealkylation sites (tertiary alicyclic amines) is 1. The topological polar surface area (TPSA) is 23.6 Å². The van der Waals surface area contributed by atoms with Gasteiger partial charge in [-0.15, -0.1) is 0 Å². The summed E-state index contributed by atoms with van der Waals surface area (Å²) in [6, 6.07) is 0.421. The molecule has 0 aromatic carbocycles. The molecule has 1 fully saturated rings. The number of hydrogen-bond acceptors (Lipinski definition) is 2. The van der Waals surface area contributed by atoms with E-state index in [-0.39, 0.29) is 11.8 Å². The van der Waals surface area contributed by atoms with Crippen molar-refractivity contribution in [2.75, 3.05) is 26.7 Å². The van der Waals surface area contributed by atoms with Crippen LogP contribution in [0.25, 0.3) is 0 Å². The maximum Gasteiger partial charge on any atom is 0.225 e. The van der Waals surface area contributed by atoms with Gasteiger partial charge in [-0.2, -0.15) is 0 Å². The van der Waals surface area contributed by atoms with E-state index in [2.05, 4.69) is 25.7 Å². The summed E-state index contributed by atoms with van der Waals surface area (Å²) in [6.07, 6.45) is 2.40. The highest BCUT2D eigenvalue weighted by Gasteiger charge is 2.31. The molecule has 0 unspecified atom stereocenters. The number of carbonyl (C=O) groups excluding carboxylic acids is 1. The molecule has 1 heterocycles. The van der Waals surface area contributed by atoms with Gasteiger partial charge in [0.2, 0.25) is 5.91 Å². The molecular weight excluding hydrogens is 236 g/mol. The number of nitrogens with zero attached hydrogens (tertiary/aromatic N) is 2. The molecule has 0 radical (unpaired) electrons. The van der Waals surface area contributed by atoms with E-state index in [9.17, 15) is 4.79 Å². The molecule has 0 bridgehead atoms. The Bertz CT molecular complexity index is 288. The third kappa shape index (κ3) is 4.79. The third-order valence-corrected chi connectivity index (χ3v) is 4.31. The second-order valence-corrected chi connectivity index (χ2v) is 6.92. The van der Waals surface area contributed by atoms with E-state index >= 15 is 0 Å². The lowest BCUT2D eigenvalue weighted by atomic mass is 9.91. The van der Waals surface area contributed by atoms with E-state index in [1.807, 2.05) is 25.8 Å². The van der Waals surface area contributed by atoms with Crippen molar-refractivity contribution < 1.29 is 4.79 Å². The number of carbonyl (C=O) groups is 1. The molecule has 0 aromatic heterocycles. The summed E-state index contributed by atoms with van der Waals surface area (Å²) < 4.78 is 0. The van der Waals surface area contributed by atoms with Gasteiger partial charge in [-0.05, 0) is 31.2 Å². The predicted octanol–water partition coefficient (Wildman–Crippen LogP) is 2.86. The molecule has 0 spiro atoms. The fraction of sp³-hybridized carbons (Fsp3) is 0.938. The molecule has 3 nitrogen and oxygen atoms in total. The first-order valence-corrected chi connectivity index (χ1v) is 7.82. The maximum atomic E-state index is 12.1. The van der Waals surface area contributed by atoms with Gasteiger partial charge in [0.1, 0.15) is 0 Å². The van der Waals surface area contributed by atoms with Crippen molar-refractivity contribution >= 4 is 5.91 Å². The Hall–Kier alpha value is -0.570. The average Bonchev–Trinajstić information content (AvgIpc) is 2.34. The molecule has 1 aliphatic rings. The molecule has 1 rings (SSSR count). The lowest BCUT2D eigenvalue weighted by Crippen LogP contribution is -2.51. The minimum absolute atomic E-state index is 0.108. The van der Waals surface area contributed by atoms with Crippen LogP contribution in [0.4, 0.5) is 0 Å². The normalized spacial score (nSPS) is 25.1. The van der Waals surface area contributed by atoms with Crippen molar-refractivity contribution in [3.8, 4) is 0 Å². The Labute approximate surface area is 119 Å². The second-order valence-electron chi connectivity index (χ2n) is 6.92. The van der Waals surface area contributed by atoms with Gasteiger partial charge in [-0.3, -0.25) is 4.79 Å². The lowest BCUT2D eigenvalue weighted by molar-refractivity contribution is -0.137. The lowest BCUT2D eigenvalue weighted by Gasteiger charge is -2.42. The molecule has 2 atom stereocenters. The van der Waals surface area contributed by atoms with Crippen LogP contribution in [0, 0.1) is 17.8 Å². The van der Waals surface area contributed by atoms with Crippen molar-refractivity contribution in [2.24, 2.45) is 17.8 Å². The highest BCUT2D eigenvalue weighted by molar-refractivity contribution is 5.78. The van der Waals surface area contributed by atoms with E-state index in [0.717, 1.165) is 25.4 Å². The molecule has 0 saturated carbocycles. The van der Waals surface area contributed by atoms with E-state index in [1.54, 1.807) is 0 Å². The minimum atomic E-state index is 0.108. The van der Waals surface area contributed by atoms with E-state index in [1.165, 1.54) is 13.0 Å². The Morgan fingerprint density at radius 1 is 1.32 bits per heavy atom. The number of amides is 1. The van der Waals surface area contributed by atoms with Crippen LogP contribution < -0.4 is 0 Å². The van der Waals surface area contributed by atoms with Crippen molar-refractivity contribution in [1.29, 1.82) is 0 Å². The molecule has 1 amide bonds. The van der Waals surface area contributed by atoms with Gasteiger partial charge in [-0.25, -0.2) is 0 Å². The maximum absolute atomic E-state index is 12.1. The fourth-order valence-electron chi connectivity index (χ4n) is 3.01. The first-order valence-electron chi connectivity index (χ1n) is 7.82. The van der Waals surface area contributed by atoms with E-state index < -0.39 is 0 Å². The average molecular weight is 268 g/mol. The van der Waals surface area contributed by atoms with Crippen LogP contribution in [0.15, 0.2) is 0 Å². The number of rotatable bonds is 5.